The van der Waals surface area contributed by atoms with E-state index in [0.29, 0.717) is 5.95 Å². The fourth-order valence-electron chi connectivity index (χ4n) is 2.58. The maximum absolute atomic E-state index is 13.7. The highest BCUT2D eigenvalue weighted by atomic mass is 19.1. The molecule has 6 heteroatoms. The van der Waals surface area contributed by atoms with Crippen molar-refractivity contribution in [1.82, 2.24) is 9.97 Å². The zero-order chi connectivity index (χ0) is 16.4. The number of nitrogens with zero attached hydrogens (tertiary/aromatic N) is 2. The summed E-state index contributed by atoms with van der Waals surface area (Å²) in [4.78, 5) is 9.60. The van der Waals surface area contributed by atoms with Gasteiger partial charge in [0.25, 0.3) is 0 Å². The van der Waals surface area contributed by atoms with E-state index >= 15 is 0 Å². The van der Waals surface area contributed by atoms with Crippen LogP contribution in [0.4, 0.5) is 26.1 Å². The number of benzene rings is 2. The maximum atomic E-state index is 13.7. The van der Waals surface area contributed by atoms with Crippen LogP contribution >= 0.6 is 0 Å². The predicted molar refractivity (Wildman–Crippen MR) is 89.3 cm³/mol. The summed E-state index contributed by atoms with van der Waals surface area (Å²) in [7, 11) is 0. The quantitative estimate of drug-likeness (QED) is 0.732. The van der Waals surface area contributed by atoms with Gasteiger partial charge in [-0.15, -0.1) is 0 Å². The van der Waals surface area contributed by atoms with Crippen molar-refractivity contribution in [2.75, 3.05) is 23.3 Å². The number of rotatable bonds is 5. The summed E-state index contributed by atoms with van der Waals surface area (Å²) in [5.41, 5.74) is 2.42. The van der Waals surface area contributed by atoms with Crippen LogP contribution in [0.1, 0.15) is 13.8 Å². The number of para-hydroxylation sites is 1. The standard InChI is InChI=1S/C17H18F2N4/c1-3-23(4-2)11-8-9-14-15(10-11)21-17(20-14)22-16-12(18)6-5-7-13(16)19/h5-10H,3-4H2,1-2H3,(H2,20,21,22). The lowest BCUT2D eigenvalue weighted by Gasteiger charge is -2.20. The highest BCUT2D eigenvalue weighted by Gasteiger charge is 2.11. The highest BCUT2D eigenvalue weighted by molar-refractivity contribution is 5.82. The molecule has 23 heavy (non-hydrogen) atoms. The van der Waals surface area contributed by atoms with Gasteiger partial charge in [-0.05, 0) is 44.2 Å². The molecule has 0 fully saturated rings. The van der Waals surface area contributed by atoms with Gasteiger partial charge in [0.05, 0.1) is 11.0 Å². The number of hydrogen-bond acceptors (Lipinski definition) is 3. The normalized spacial score (nSPS) is 11.0. The largest absolute Gasteiger partial charge is 0.372 e. The summed E-state index contributed by atoms with van der Waals surface area (Å²) in [5.74, 6) is -1.01. The number of fused-ring (bicyclic) bond motifs is 1. The van der Waals surface area contributed by atoms with Crippen molar-refractivity contribution >= 4 is 28.4 Å². The summed E-state index contributed by atoms with van der Waals surface area (Å²) in [6.07, 6.45) is 0. The van der Waals surface area contributed by atoms with E-state index < -0.39 is 11.6 Å². The molecule has 1 heterocycles. The van der Waals surface area contributed by atoms with Crippen LogP contribution in [0.3, 0.4) is 0 Å². The molecule has 0 saturated carbocycles. The van der Waals surface area contributed by atoms with Crippen LogP contribution in [-0.4, -0.2) is 23.1 Å². The molecule has 0 aliphatic carbocycles. The van der Waals surface area contributed by atoms with E-state index in [4.69, 9.17) is 0 Å². The van der Waals surface area contributed by atoms with Crippen LogP contribution in [-0.2, 0) is 0 Å². The zero-order valence-corrected chi connectivity index (χ0v) is 13.0. The number of aromatic nitrogens is 2. The Morgan fingerprint density at radius 2 is 1.78 bits per heavy atom. The number of nitrogens with one attached hydrogen (secondary N) is 2. The molecular formula is C17H18F2N4. The molecule has 3 rings (SSSR count). The molecule has 3 aromatic rings. The minimum Gasteiger partial charge on any atom is -0.372 e. The van der Waals surface area contributed by atoms with Crippen molar-refractivity contribution in [3.05, 3.63) is 48.0 Å². The number of aromatic amines is 1. The lowest BCUT2D eigenvalue weighted by atomic mass is 10.2. The number of halogens is 2. The third-order valence-electron chi connectivity index (χ3n) is 3.80. The fraction of sp³-hybridized carbons (Fsp3) is 0.235. The Kier molecular flexibility index (Phi) is 4.14. The van der Waals surface area contributed by atoms with Gasteiger partial charge in [0.2, 0.25) is 5.95 Å². The van der Waals surface area contributed by atoms with E-state index in [2.05, 4.69) is 34.0 Å². The van der Waals surface area contributed by atoms with Crippen molar-refractivity contribution < 1.29 is 8.78 Å². The molecule has 0 radical (unpaired) electrons. The molecule has 2 N–H and O–H groups in total. The Labute approximate surface area is 133 Å². The van der Waals surface area contributed by atoms with E-state index in [-0.39, 0.29) is 5.69 Å². The average molecular weight is 316 g/mol. The highest BCUT2D eigenvalue weighted by Crippen LogP contribution is 2.25. The third kappa shape index (κ3) is 2.97. The maximum Gasteiger partial charge on any atom is 0.205 e. The molecule has 0 unspecified atom stereocenters. The Balaban J connectivity index is 1.94. The Bertz CT molecular complexity index is 804. The van der Waals surface area contributed by atoms with Crippen LogP contribution in [0.15, 0.2) is 36.4 Å². The van der Waals surface area contributed by atoms with Crippen molar-refractivity contribution in [3.8, 4) is 0 Å². The Morgan fingerprint density at radius 1 is 1.09 bits per heavy atom. The van der Waals surface area contributed by atoms with Crippen LogP contribution in [0, 0.1) is 11.6 Å². The van der Waals surface area contributed by atoms with Gasteiger partial charge >= 0.3 is 0 Å². The first-order chi connectivity index (χ1) is 11.1. The van der Waals surface area contributed by atoms with Gasteiger partial charge in [0.15, 0.2) is 0 Å². The first kappa shape index (κ1) is 15.3. The SMILES string of the molecule is CCN(CC)c1ccc2nc(Nc3c(F)cccc3F)[nH]c2c1. The first-order valence-corrected chi connectivity index (χ1v) is 7.58. The van der Waals surface area contributed by atoms with Gasteiger partial charge in [-0.2, -0.15) is 0 Å². The smallest absolute Gasteiger partial charge is 0.205 e. The van der Waals surface area contributed by atoms with Gasteiger partial charge in [-0.3, -0.25) is 0 Å². The molecule has 0 saturated heterocycles. The second kappa shape index (κ2) is 6.24. The monoisotopic (exact) mass is 316 g/mol. The van der Waals surface area contributed by atoms with Gasteiger partial charge in [0, 0.05) is 18.8 Å². The summed E-state index contributed by atoms with van der Waals surface area (Å²) < 4.78 is 27.4. The predicted octanol–water partition coefficient (Wildman–Crippen LogP) is 4.43. The van der Waals surface area contributed by atoms with Crippen LogP contribution in [0.2, 0.25) is 0 Å². The second-order valence-electron chi connectivity index (χ2n) is 5.18. The van der Waals surface area contributed by atoms with E-state index in [1.165, 1.54) is 18.2 Å². The molecule has 1 aromatic heterocycles. The minimum absolute atomic E-state index is 0.212. The number of imidazole rings is 1. The molecule has 0 atom stereocenters. The number of anilines is 3. The van der Waals surface area contributed by atoms with Crippen molar-refractivity contribution in [2.45, 2.75) is 13.8 Å². The van der Waals surface area contributed by atoms with Crippen LogP contribution in [0.5, 0.6) is 0 Å². The number of H-pyrrole nitrogens is 1. The average Bonchev–Trinajstić information content (AvgIpc) is 2.94. The minimum atomic E-state index is -0.658. The molecule has 0 amide bonds. The van der Waals surface area contributed by atoms with E-state index in [1.54, 1.807) is 0 Å². The van der Waals surface area contributed by atoms with Crippen molar-refractivity contribution in [2.24, 2.45) is 0 Å². The number of hydrogen-bond donors (Lipinski definition) is 2. The summed E-state index contributed by atoms with van der Waals surface area (Å²) in [5, 5.41) is 2.68. The summed E-state index contributed by atoms with van der Waals surface area (Å²) in [6, 6.07) is 9.59. The molecule has 0 aliphatic rings. The molecule has 2 aromatic carbocycles. The van der Waals surface area contributed by atoms with Gasteiger partial charge in [-0.1, -0.05) is 6.07 Å². The summed E-state index contributed by atoms with van der Waals surface area (Å²) in [6.45, 7) is 5.99. The Morgan fingerprint density at radius 3 is 2.43 bits per heavy atom. The lowest BCUT2D eigenvalue weighted by Crippen LogP contribution is -2.21. The molecule has 0 spiro atoms. The van der Waals surface area contributed by atoms with Crippen molar-refractivity contribution in [3.63, 3.8) is 0 Å². The van der Waals surface area contributed by atoms with E-state index in [0.717, 1.165) is 29.8 Å². The lowest BCUT2D eigenvalue weighted by molar-refractivity contribution is 0.590. The topological polar surface area (TPSA) is 44.0 Å². The molecular weight excluding hydrogens is 298 g/mol. The van der Waals surface area contributed by atoms with Gasteiger partial charge in [0.1, 0.15) is 17.3 Å². The van der Waals surface area contributed by atoms with Crippen LogP contribution in [0.25, 0.3) is 11.0 Å². The zero-order valence-electron chi connectivity index (χ0n) is 13.0. The molecule has 0 aliphatic heterocycles. The fourth-order valence-corrected chi connectivity index (χ4v) is 2.58. The second-order valence-corrected chi connectivity index (χ2v) is 5.18. The summed E-state index contributed by atoms with van der Waals surface area (Å²) >= 11 is 0. The Hall–Kier alpha value is -2.63. The van der Waals surface area contributed by atoms with Gasteiger partial charge in [-0.25, -0.2) is 13.8 Å². The molecule has 4 nitrogen and oxygen atoms in total. The molecule has 120 valence electrons. The van der Waals surface area contributed by atoms with E-state index in [9.17, 15) is 8.78 Å². The van der Waals surface area contributed by atoms with Crippen LogP contribution < -0.4 is 10.2 Å². The first-order valence-electron chi connectivity index (χ1n) is 7.58. The molecule has 0 bridgehead atoms. The van der Waals surface area contributed by atoms with E-state index in [1.807, 2.05) is 18.2 Å². The third-order valence-corrected chi connectivity index (χ3v) is 3.80. The van der Waals surface area contributed by atoms with Gasteiger partial charge < -0.3 is 15.2 Å². The van der Waals surface area contributed by atoms with Crippen molar-refractivity contribution in [1.29, 1.82) is 0 Å².